The predicted molar refractivity (Wildman–Crippen MR) is 126 cm³/mol. The molecule has 30 heavy (non-hydrogen) atoms. The van der Waals surface area contributed by atoms with Crippen molar-refractivity contribution in [2.45, 2.75) is 45.0 Å². The van der Waals surface area contributed by atoms with E-state index in [1.807, 2.05) is 36.7 Å². The van der Waals surface area contributed by atoms with E-state index in [0.717, 1.165) is 51.6 Å². The molecule has 1 unspecified atom stereocenters. The highest BCUT2D eigenvalue weighted by Crippen LogP contribution is 2.37. The second-order valence-corrected chi connectivity index (χ2v) is 12.5. The predicted octanol–water partition coefficient (Wildman–Crippen LogP) is 7.61. The van der Waals surface area contributed by atoms with Gasteiger partial charge >= 0.3 is 0 Å². The van der Waals surface area contributed by atoms with Gasteiger partial charge in [-0.3, -0.25) is 4.98 Å². The van der Waals surface area contributed by atoms with Crippen LogP contribution in [0.15, 0.2) is 83.5 Å². The fourth-order valence-corrected chi connectivity index (χ4v) is 6.81. The first kappa shape index (κ1) is 20.6. The number of para-hydroxylation sites is 1. The van der Waals surface area contributed by atoms with Gasteiger partial charge < -0.3 is 8.84 Å². The van der Waals surface area contributed by atoms with Crippen LogP contribution in [0, 0.1) is 0 Å². The largest absolute Gasteiger partial charge is 0.458 e. The molecule has 0 radical (unpaired) electrons. The molecule has 3 nitrogen and oxygen atoms in total. The number of furan rings is 1. The third-order valence-corrected chi connectivity index (χ3v) is 10.8. The lowest BCUT2D eigenvalue weighted by atomic mass is 10.0. The highest BCUT2D eigenvalue weighted by Gasteiger charge is 2.34. The van der Waals surface area contributed by atoms with Crippen molar-refractivity contribution in [1.82, 2.24) is 4.98 Å². The molecule has 0 amide bonds. The summed E-state index contributed by atoms with van der Waals surface area (Å²) in [5.74, 6) is 0.857. The quantitative estimate of drug-likeness (QED) is 0.278. The average molecular weight is 416 g/mol. The molecule has 4 heteroatoms. The van der Waals surface area contributed by atoms with Crippen LogP contribution in [0.3, 0.4) is 0 Å². The lowest BCUT2D eigenvalue weighted by Gasteiger charge is -2.32. The van der Waals surface area contributed by atoms with E-state index in [1.54, 1.807) is 0 Å². The summed E-state index contributed by atoms with van der Waals surface area (Å²) in [7, 11) is -1.88. The van der Waals surface area contributed by atoms with E-state index in [4.69, 9.17) is 8.84 Å². The molecule has 0 saturated heterocycles. The van der Waals surface area contributed by atoms with Crippen LogP contribution in [0.4, 0.5) is 0 Å². The van der Waals surface area contributed by atoms with Crippen molar-refractivity contribution in [3.05, 3.63) is 90.4 Å². The van der Waals surface area contributed by atoms with Gasteiger partial charge in [-0.15, -0.1) is 0 Å². The van der Waals surface area contributed by atoms with E-state index in [9.17, 15) is 0 Å². The third kappa shape index (κ3) is 4.11. The zero-order valence-electron chi connectivity index (χ0n) is 18.0. The van der Waals surface area contributed by atoms with Gasteiger partial charge in [0.1, 0.15) is 17.4 Å². The average Bonchev–Trinajstić information content (AvgIpc) is 3.25. The van der Waals surface area contributed by atoms with Crippen LogP contribution >= 0.6 is 0 Å². The maximum atomic E-state index is 6.98. The summed E-state index contributed by atoms with van der Waals surface area (Å²) in [5, 5.41) is 1.10. The highest BCUT2D eigenvalue weighted by atomic mass is 28.4. The number of nitrogens with zero attached hydrogens (tertiary/aromatic N) is 1. The lowest BCUT2D eigenvalue weighted by Crippen LogP contribution is -2.37. The molecule has 4 rings (SSSR count). The standard InChI is InChI=1S/C26H29NO2Si/c1-4-30(5-2,6-3)29-26(25-17-21-14-10-11-15-24(21)28-25)23-16-22(18-27-19-23)20-12-8-7-9-13-20/h7-19,26H,4-6H2,1-3H3. The number of aromatic nitrogens is 1. The molecule has 0 bridgehead atoms. The second kappa shape index (κ2) is 8.98. The van der Waals surface area contributed by atoms with E-state index in [1.165, 1.54) is 0 Å². The molecular formula is C26H29NO2Si. The summed E-state index contributed by atoms with van der Waals surface area (Å²) in [6.45, 7) is 6.77. The van der Waals surface area contributed by atoms with E-state index >= 15 is 0 Å². The normalized spacial score (nSPS) is 12.9. The minimum absolute atomic E-state index is 0.250. The van der Waals surface area contributed by atoms with Crippen molar-refractivity contribution in [2.24, 2.45) is 0 Å². The second-order valence-electron chi connectivity index (χ2n) is 7.80. The first-order valence-electron chi connectivity index (χ1n) is 10.8. The molecule has 2 aromatic heterocycles. The third-order valence-electron chi connectivity index (χ3n) is 6.17. The molecule has 0 fully saturated rings. The Labute approximate surface area is 179 Å². The van der Waals surface area contributed by atoms with Gasteiger partial charge in [0.25, 0.3) is 0 Å². The van der Waals surface area contributed by atoms with Crippen LogP contribution in [-0.2, 0) is 4.43 Å². The molecule has 2 aromatic carbocycles. The molecule has 1 atom stereocenters. The minimum atomic E-state index is -1.88. The maximum absolute atomic E-state index is 6.98. The van der Waals surface area contributed by atoms with Gasteiger partial charge in [-0.2, -0.15) is 0 Å². The molecule has 0 saturated carbocycles. The zero-order valence-corrected chi connectivity index (χ0v) is 19.0. The minimum Gasteiger partial charge on any atom is -0.458 e. The molecule has 0 spiro atoms. The molecule has 0 aliphatic carbocycles. The first-order chi connectivity index (χ1) is 14.7. The first-order valence-corrected chi connectivity index (χ1v) is 13.4. The topological polar surface area (TPSA) is 35.3 Å². The van der Waals surface area contributed by atoms with Gasteiger partial charge in [-0.1, -0.05) is 69.3 Å². The summed E-state index contributed by atoms with van der Waals surface area (Å²) in [6, 6.07) is 26.1. The fourth-order valence-electron chi connectivity index (χ4n) is 4.06. The molecule has 0 aliphatic heterocycles. The summed E-state index contributed by atoms with van der Waals surface area (Å²) in [4.78, 5) is 4.56. The van der Waals surface area contributed by atoms with E-state index in [2.05, 4.69) is 68.2 Å². The Morgan fingerprint density at radius 1 is 0.833 bits per heavy atom. The SMILES string of the molecule is CC[Si](CC)(CC)OC(c1cncc(-c2ccccc2)c1)c1cc2ccccc2o1. The van der Waals surface area contributed by atoms with Gasteiger partial charge in [0, 0.05) is 28.9 Å². The molecule has 4 aromatic rings. The van der Waals surface area contributed by atoms with E-state index in [-0.39, 0.29) is 6.10 Å². The summed E-state index contributed by atoms with van der Waals surface area (Å²) >= 11 is 0. The number of hydrogen-bond acceptors (Lipinski definition) is 3. The Hall–Kier alpha value is -2.69. The maximum Gasteiger partial charge on any atom is 0.193 e. The Morgan fingerprint density at radius 2 is 1.53 bits per heavy atom. The van der Waals surface area contributed by atoms with Gasteiger partial charge in [-0.25, -0.2) is 0 Å². The van der Waals surface area contributed by atoms with Crippen LogP contribution in [0.5, 0.6) is 0 Å². The molecule has 2 heterocycles. The van der Waals surface area contributed by atoms with Gasteiger partial charge in [0.15, 0.2) is 8.32 Å². The van der Waals surface area contributed by atoms with Crippen molar-refractivity contribution < 1.29 is 8.84 Å². The van der Waals surface area contributed by atoms with Gasteiger partial charge in [-0.05, 0) is 41.9 Å². The van der Waals surface area contributed by atoms with Crippen LogP contribution in [0.25, 0.3) is 22.1 Å². The van der Waals surface area contributed by atoms with Crippen molar-refractivity contribution >= 4 is 19.3 Å². The van der Waals surface area contributed by atoms with Crippen molar-refractivity contribution in [2.75, 3.05) is 0 Å². The number of pyridine rings is 1. The van der Waals surface area contributed by atoms with Crippen LogP contribution < -0.4 is 0 Å². The van der Waals surface area contributed by atoms with E-state index in [0.29, 0.717) is 0 Å². The van der Waals surface area contributed by atoms with E-state index < -0.39 is 8.32 Å². The smallest absolute Gasteiger partial charge is 0.193 e. The monoisotopic (exact) mass is 415 g/mol. The van der Waals surface area contributed by atoms with Crippen molar-refractivity contribution in [3.63, 3.8) is 0 Å². The summed E-state index contributed by atoms with van der Waals surface area (Å²) in [6.07, 6.45) is 3.59. The molecular weight excluding hydrogens is 386 g/mol. The van der Waals surface area contributed by atoms with Crippen LogP contribution in [0.1, 0.15) is 38.2 Å². The van der Waals surface area contributed by atoms with Gasteiger partial charge in [0.2, 0.25) is 0 Å². The van der Waals surface area contributed by atoms with Crippen LogP contribution in [0.2, 0.25) is 18.1 Å². The molecule has 0 N–H and O–H groups in total. The number of benzene rings is 2. The Morgan fingerprint density at radius 3 is 2.23 bits per heavy atom. The zero-order chi connectivity index (χ0) is 21.0. The Bertz CT molecular complexity index is 1060. The highest BCUT2D eigenvalue weighted by molar-refractivity contribution is 6.73. The molecule has 0 aliphatic rings. The van der Waals surface area contributed by atoms with Crippen molar-refractivity contribution in [1.29, 1.82) is 0 Å². The molecule has 154 valence electrons. The number of rotatable bonds is 8. The summed E-state index contributed by atoms with van der Waals surface area (Å²) < 4.78 is 13.3. The Kier molecular flexibility index (Phi) is 6.16. The van der Waals surface area contributed by atoms with Crippen LogP contribution in [-0.4, -0.2) is 13.3 Å². The lowest BCUT2D eigenvalue weighted by molar-refractivity contribution is 0.202. The fraction of sp³-hybridized carbons (Fsp3) is 0.269. The van der Waals surface area contributed by atoms with Crippen molar-refractivity contribution in [3.8, 4) is 11.1 Å². The Balaban J connectivity index is 1.81. The number of fused-ring (bicyclic) bond motifs is 1. The van der Waals surface area contributed by atoms with Gasteiger partial charge in [0.05, 0.1) is 0 Å². The summed E-state index contributed by atoms with van der Waals surface area (Å²) in [5.41, 5.74) is 4.18. The number of hydrogen-bond donors (Lipinski definition) is 0.